The van der Waals surface area contributed by atoms with Crippen molar-refractivity contribution in [2.24, 2.45) is 23.7 Å². The van der Waals surface area contributed by atoms with Gasteiger partial charge in [-0.3, -0.25) is 0 Å². The second-order valence-electron chi connectivity index (χ2n) is 17.6. The summed E-state index contributed by atoms with van der Waals surface area (Å²) in [7, 11) is 0. The van der Waals surface area contributed by atoms with Gasteiger partial charge in [-0.05, 0) is 149 Å². The van der Waals surface area contributed by atoms with Gasteiger partial charge in [0.25, 0.3) is 0 Å². The molecule has 5 aromatic carbocycles. The minimum absolute atomic E-state index is 0.0647. The third-order valence-electron chi connectivity index (χ3n) is 14.1. The van der Waals surface area contributed by atoms with Crippen LogP contribution >= 0.6 is 0 Å². The molecule has 1 heteroatoms. The van der Waals surface area contributed by atoms with Gasteiger partial charge in [-0.2, -0.15) is 0 Å². The van der Waals surface area contributed by atoms with Gasteiger partial charge in [0.05, 0.1) is 11.4 Å². The lowest BCUT2D eigenvalue weighted by molar-refractivity contribution is -0.0399. The van der Waals surface area contributed by atoms with Crippen LogP contribution < -0.4 is 4.90 Å². The number of hydrogen-bond donors (Lipinski definition) is 0. The molecule has 0 heterocycles. The zero-order valence-corrected chi connectivity index (χ0v) is 29.7. The summed E-state index contributed by atoms with van der Waals surface area (Å²) in [6, 6.07) is 44.5. The van der Waals surface area contributed by atoms with Crippen LogP contribution in [0.25, 0.3) is 22.3 Å². The summed E-state index contributed by atoms with van der Waals surface area (Å²) in [6.07, 6.45) is 9.44. The van der Waals surface area contributed by atoms with Gasteiger partial charge in [0.1, 0.15) is 0 Å². The van der Waals surface area contributed by atoms with Gasteiger partial charge in [0, 0.05) is 16.7 Å². The number of nitrogens with zero attached hydrogens (tertiary/aromatic N) is 1. The molecule has 1 nitrogen and oxygen atoms in total. The van der Waals surface area contributed by atoms with Crippen molar-refractivity contribution >= 4 is 17.1 Å². The van der Waals surface area contributed by atoms with E-state index in [4.69, 9.17) is 0 Å². The molecule has 246 valence electrons. The lowest BCUT2D eigenvalue weighted by Crippen LogP contribution is -2.55. The van der Waals surface area contributed by atoms with E-state index in [9.17, 15) is 0 Å². The Kier molecular flexibility index (Phi) is 6.36. The minimum Gasteiger partial charge on any atom is -0.310 e. The van der Waals surface area contributed by atoms with Gasteiger partial charge in [-0.25, -0.2) is 0 Å². The second kappa shape index (κ2) is 10.5. The van der Waals surface area contributed by atoms with E-state index in [1.54, 1.807) is 11.1 Å². The number of benzene rings is 5. The van der Waals surface area contributed by atoms with Crippen LogP contribution in [0, 0.1) is 23.7 Å². The lowest BCUT2D eigenvalue weighted by Gasteiger charge is -2.61. The third-order valence-corrected chi connectivity index (χ3v) is 14.1. The fourth-order valence-electron chi connectivity index (χ4n) is 12.1. The molecule has 0 unspecified atom stereocenters. The number of anilines is 3. The average molecular weight is 640 g/mol. The molecule has 0 aromatic heterocycles. The van der Waals surface area contributed by atoms with Crippen molar-refractivity contribution in [1.82, 2.24) is 0 Å². The highest BCUT2D eigenvalue weighted by Gasteiger charge is 2.62. The maximum Gasteiger partial charge on any atom is 0.0549 e. The number of hydrogen-bond acceptors (Lipinski definition) is 1. The zero-order chi connectivity index (χ0) is 33.1. The van der Waals surface area contributed by atoms with Crippen molar-refractivity contribution in [3.63, 3.8) is 0 Å². The maximum atomic E-state index is 2.68. The summed E-state index contributed by atoms with van der Waals surface area (Å²) in [5, 5.41) is 0. The highest BCUT2D eigenvalue weighted by molar-refractivity contribution is 5.98. The van der Waals surface area contributed by atoms with Crippen LogP contribution in [0.15, 0.2) is 115 Å². The van der Waals surface area contributed by atoms with Gasteiger partial charge in [0.15, 0.2) is 0 Å². The lowest BCUT2D eigenvalue weighted by atomic mass is 9.43. The molecular formula is C48H49N. The summed E-state index contributed by atoms with van der Waals surface area (Å²) < 4.78 is 0. The van der Waals surface area contributed by atoms with Gasteiger partial charge in [0.2, 0.25) is 0 Å². The molecule has 0 aliphatic heterocycles. The molecule has 4 saturated carbocycles. The topological polar surface area (TPSA) is 3.24 Å². The Morgan fingerprint density at radius 1 is 0.510 bits per heavy atom. The number of rotatable bonds is 4. The summed E-state index contributed by atoms with van der Waals surface area (Å²) in [4.78, 5) is 2.68. The van der Waals surface area contributed by atoms with Crippen molar-refractivity contribution < 1.29 is 0 Å². The van der Waals surface area contributed by atoms with E-state index in [0.29, 0.717) is 0 Å². The molecule has 4 fully saturated rings. The molecule has 0 saturated heterocycles. The molecule has 1 spiro atoms. The fraction of sp³-hybridized carbons (Fsp3) is 0.375. The van der Waals surface area contributed by atoms with Crippen molar-refractivity contribution in [2.45, 2.75) is 88.9 Å². The van der Waals surface area contributed by atoms with Crippen molar-refractivity contribution in [1.29, 1.82) is 0 Å². The Morgan fingerprint density at radius 3 is 1.84 bits per heavy atom. The average Bonchev–Trinajstić information content (AvgIpc) is 3.41. The molecule has 0 atom stereocenters. The molecule has 0 amide bonds. The molecule has 4 bridgehead atoms. The monoisotopic (exact) mass is 639 g/mol. The van der Waals surface area contributed by atoms with Crippen molar-refractivity contribution in [3.8, 4) is 22.3 Å². The predicted octanol–water partition coefficient (Wildman–Crippen LogP) is 12.9. The van der Waals surface area contributed by atoms with Crippen LogP contribution in [0.3, 0.4) is 0 Å². The molecule has 6 aliphatic rings. The van der Waals surface area contributed by atoms with Crippen LogP contribution in [0.4, 0.5) is 17.1 Å². The van der Waals surface area contributed by atoms with Gasteiger partial charge in [-0.15, -0.1) is 0 Å². The van der Waals surface area contributed by atoms with E-state index in [1.165, 1.54) is 95.4 Å². The summed E-state index contributed by atoms with van der Waals surface area (Å²) in [5.74, 6) is 3.28. The Labute approximate surface area is 293 Å². The fourth-order valence-corrected chi connectivity index (χ4v) is 12.1. The van der Waals surface area contributed by atoms with E-state index in [1.807, 2.05) is 0 Å². The van der Waals surface area contributed by atoms with E-state index >= 15 is 0 Å². The first-order chi connectivity index (χ1) is 23.8. The Hall–Kier alpha value is -4.10. The molecule has 6 aliphatic carbocycles. The number of fused-ring (bicyclic) bond motifs is 4. The van der Waals surface area contributed by atoms with Crippen LogP contribution in [0.5, 0.6) is 0 Å². The highest BCUT2D eigenvalue weighted by Crippen LogP contribution is 2.71. The predicted molar refractivity (Wildman–Crippen MR) is 205 cm³/mol. The standard InChI is InChI=1S/C48H49N/c1-46(2)22-23-47(3,4)45-40(46)20-13-21-42(45)49(37-16-9-6-10-17-37)43-30-34(33-14-7-5-8-15-33)29-41-44(43)38-18-11-12-19-39(38)48(41)35-25-31-24-32(27-35)28-36(48)26-31/h5-21,29-32,35-36H,22-28H2,1-4H3. The van der Waals surface area contributed by atoms with Gasteiger partial charge in [-0.1, -0.05) is 113 Å². The SMILES string of the molecule is CC1(C)CCC(C)(C)c2c(N(c3ccccc3)c3cc(-c4ccccc4)cc4c3-c3ccccc3C43C4CC5CC(C4)CC3C5)cccc21. The maximum absolute atomic E-state index is 2.68. The van der Waals surface area contributed by atoms with Crippen LogP contribution in [-0.4, -0.2) is 0 Å². The molecular weight excluding hydrogens is 591 g/mol. The van der Waals surface area contributed by atoms with Crippen LogP contribution in [-0.2, 0) is 16.2 Å². The Balaban J connectivity index is 1.32. The Morgan fingerprint density at radius 2 is 1.12 bits per heavy atom. The normalized spacial score (nSPS) is 27.8. The molecule has 0 N–H and O–H groups in total. The Bertz CT molecular complexity index is 2060. The van der Waals surface area contributed by atoms with E-state index in [-0.39, 0.29) is 16.2 Å². The molecule has 49 heavy (non-hydrogen) atoms. The largest absolute Gasteiger partial charge is 0.310 e. The summed E-state index contributed by atoms with van der Waals surface area (Å²) in [5.41, 5.74) is 16.1. The quantitative estimate of drug-likeness (QED) is 0.189. The van der Waals surface area contributed by atoms with Crippen molar-refractivity contribution in [2.75, 3.05) is 4.90 Å². The first-order valence-corrected chi connectivity index (χ1v) is 19.1. The highest BCUT2D eigenvalue weighted by atomic mass is 15.2. The van der Waals surface area contributed by atoms with E-state index in [2.05, 4.69) is 148 Å². The first-order valence-electron chi connectivity index (χ1n) is 19.1. The van der Waals surface area contributed by atoms with Crippen molar-refractivity contribution in [3.05, 3.63) is 138 Å². The molecule has 11 rings (SSSR count). The summed E-state index contributed by atoms with van der Waals surface area (Å²) in [6.45, 7) is 9.88. The molecule has 0 radical (unpaired) electrons. The number of para-hydroxylation sites is 1. The smallest absolute Gasteiger partial charge is 0.0549 e. The minimum atomic E-state index is 0.0647. The van der Waals surface area contributed by atoms with Gasteiger partial charge < -0.3 is 4.90 Å². The summed E-state index contributed by atoms with van der Waals surface area (Å²) >= 11 is 0. The zero-order valence-electron chi connectivity index (χ0n) is 29.7. The van der Waals surface area contributed by atoms with E-state index in [0.717, 1.165) is 23.7 Å². The van der Waals surface area contributed by atoms with Crippen LogP contribution in [0.2, 0.25) is 0 Å². The molecule has 5 aromatic rings. The third kappa shape index (κ3) is 4.17. The van der Waals surface area contributed by atoms with E-state index < -0.39 is 0 Å². The van der Waals surface area contributed by atoms with Crippen LogP contribution in [0.1, 0.15) is 94.9 Å². The second-order valence-corrected chi connectivity index (χ2v) is 17.6. The van der Waals surface area contributed by atoms with Gasteiger partial charge >= 0.3 is 0 Å². The first kappa shape index (κ1) is 29.8.